The largest absolute Gasteiger partial charge is 0.365 e. The van der Waals surface area contributed by atoms with Crippen LogP contribution in [0.5, 0.6) is 0 Å². The van der Waals surface area contributed by atoms with Gasteiger partial charge in [0, 0.05) is 38.9 Å². The summed E-state index contributed by atoms with van der Waals surface area (Å²) in [6.45, 7) is 2.75. The lowest BCUT2D eigenvalue weighted by Crippen LogP contribution is -2.51. The van der Waals surface area contributed by atoms with Gasteiger partial charge in [0.25, 0.3) is 0 Å². The molecule has 5 nitrogen and oxygen atoms in total. The summed E-state index contributed by atoms with van der Waals surface area (Å²) in [5, 5.41) is 0.670. The predicted octanol–water partition coefficient (Wildman–Crippen LogP) is 2.07. The molecule has 3 unspecified atom stereocenters. The van der Waals surface area contributed by atoms with Crippen molar-refractivity contribution in [2.45, 2.75) is 24.9 Å². The van der Waals surface area contributed by atoms with Crippen LogP contribution in [-0.2, 0) is 0 Å². The number of hydrogen-bond acceptors (Lipinski definition) is 3. The Balaban J connectivity index is 1.59. The van der Waals surface area contributed by atoms with E-state index in [0.29, 0.717) is 23.0 Å². The van der Waals surface area contributed by atoms with E-state index in [2.05, 4.69) is 14.8 Å². The molecule has 112 valence electrons. The first-order chi connectivity index (χ1) is 10.1. The Morgan fingerprint density at radius 3 is 2.57 bits per heavy atom. The van der Waals surface area contributed by atoms with Gasteiger partial charge in [-0.15, -0.1) is 0 Å². The summed E-state index contributed by atoms with van der Waals surface area (Å²) in [5.41, 5.74) is 1.08. The van der Waals surface area contributed by atoms with Gasteiger partial charge in [-0.05, 0) is 24.8 Å². The summed E-state index contributed by atoms with van der Waals surface area (Å²) in [6, 6.07) is 2.90. The average molecular weight is 307 g/mol. The van der Waals surface area contributed by atoms with Gasteiger partial charge in [0.1, 0.15) is 0 Å². The Morgan fingerprint density at radius 2 is 1.95 bits per heavy atom. The molecule has 3 atom stereocenters. The van der Waals surface area contributed by atoms with E-state index >= 15 is 0 Å². The molecule has 1 aromatic rings. The number of hydrogen-bond donors (Lipinski definition) is 0. The highest BCUT2D eigenvalue weighted by Gasteiger charge is 2.49. The van der Waals surface area contributed by atoms with Crippen LogP contribution in [0.2, 0.25) is 5.02 Å². The van der Waals surface area contributed by atoms with Crippen molar-refractivity contribution in [3.05, 3.63) is 23.5 Å². The SMILES string of the molecule is CN1CCN(C2CC3CC2N(c2cncc(Cl)c2)C3)C1=O. The second-order valence-corrected chi connectivity index (χ2v) is 6.82. The molecule has 1 aromatic heterocycles. The van der Waals surface area contributed by atoms with E-state index in [0.717, 1.165) is 31.7 Å². The topological polar surface area (TPSA) is 39.7 Å². The highest BCUT2D eigenvalue weighted by molar-refractivity contribution is 6.30. The number of fused-ring (bicyclic) bond motifs is 2. The number of aromatic nitrogens is 1. The number of likely N-dealkylation sites (N-methyl/N-ethyl adjacent to an activating group) is 1. The molecule has 2 bridgehead atoms. The molecule has 2 aliphatic heterocycles. The van der Waals surface area contributed by atoms with Crippen LogP contribution < -0.4 is 4.90 Å². The number of carbonyl (C=O) groups is 1. The number of anilines is 1. The zero-order valence-electron chi connectivity index (χ0n) is 12.1. The van der Waals surface area contributed by atoms with E-state index in [9.17, 15) is 4.79 Å². The molecule has 6 heteroatoms. The standard InChI is InChI=1S/C15H19ClN4O/c1-18-2-3-19(15(18)21)13-4-10-5-14(13)20(9-10)12-6-11(16)7-17-8-12/h6-8,10,13-14H,2-5,9H2,1H3. The Bertz CT molecular complexity index is 581. The van der Waals surface area contributed by atoms with Gasteiger partial charge in [-0.1, -0.05) is 11.6 Å². The van der Waals surface area contributed by atoms with Crippen LogP contribution in [0.25, 0.3) is 0 Å². The van der Waals surface area contributed by atoms with Crippen LogP contribution in [0.1, 0.15) is 12.8 Å². The number of nitrogens with zero attached hydrogens (tertiary/aromatic N) is 4. The zero-order chi connectivity index (χ0) is 14.6. The van der Waals surface area contributed by atoms with Gasteiger partial charge in [0.2, 0.25) is 0 Å². The van der Waals surface area contributed by atoms with Crippen molar-refractivity contribution in [2.24, 2.45) is 5.92 Å². The highest BCUT2D eigenvalue weighted by atomic mass is 35.5. The number of pyridine rings is 1. The lowest BCUT2D eigenvalue weighted by molar-refractivity contribution is 0.173. The number of amides is 2. The third kappa shape index (κ3) is 2.06. The Kier molecular flexibility index (Phi) is 2.99. The van der Waals surface area contributed by atoms with Crippen LogP contribution in [0.15, 0.2) is 18.5 Å². The predicted molar refractivity (Wildman–Crippen MR) is 81.6 cm³/mol. The van der Waals surface area contributed by atoms with Gasteiger partial charge in [-0.3, -0.25) is 4.98 Å². The molecule has 3 fully saturated rings. The van der Waals surface area contributed by atoms with Crippen molar-refractivity contribution >= 4 is 23.3 Å². The van der Waals surface area contributed by atoms with E-state index in [1.54, 1.807) is 6.20 Å². The first-order valence-corrected chi connectivity index (χ1v) is 7.90. The van der Waals surface area contributed by atoms with Crippen LogP contribution in [0.4, 0.5) is 10.5 Å². The van der Waals surface area contributed by atoms with Crippen molar-refractivity contribution in [3.8, 4) is 0 Å². The monoisotopic (exact) mass is 306 g/mol. The molecule has 4 rings (SSSR count). The van der Waals surface area contributed by atoms with Gasteiger partial charge < -0.3 is 14.7 Å². The Hall–Kier alpha value is -1.49. The molecule has 3 aliphatic rings. The van der Waals surface area contributed by atoms with E-state index in [1.807, 2.05) is 24.2 Å². The summed E-state index contributed by atoms with van der Waals surface area (Å²) >= 11 is 6.07. The molecule has 2 saturated heterocycles. The number of piperidine rings is 1. The second-order valence-electron chi connectivity index (χ2n) is 6.38. The molecular weight excluding hydrogens is 288 g/mol. The maximum atomic E-state index is 12.3. The van der Waals surface area contributed by atoms with E-state index in [4.69, 9.17) is 11.6 Å². The normalized spacial score (nSPS) is 31.6. The minimum absolute atomic E-state index is 0.178. The summed E-state index contributed by atoms with van der Waals surface area (Å²) in [4.78, 5) is 22.7. The number of halogens is 1. The van der Waals surface area contributed by atoms with Gasteiger partial charge in [0.15, 0.2) is 0 Å². The summed E-state index contributed by atoms with van der Waals surface area (Å²) in [5.74, 6) is 0.678. The van der Waals surface area contributed by atoms with Crippen LogP contribution in [0.3, 0.4) is 0 Å². The molecule has 1 saturated carbocycles. The van der Waals surface area contributed by atoms with Crippen molar-refractivity contribution in [1.29, 1.82) is 0 Å². The fourth-order valence-electron chi connectivity index (χ4n) is 4.16. The third-order valence-corrected chi connectivity index (χ3v) is 5.33. The molecule has 1 aliphatic carbocycles. The fourth-order valence-corrected chi connectivity index (χ4v) is 4.32. The second kappa shape index (κ2) is 4.77. The zero-order valence-corrected chi connectivity index (χ0v) is 12.8. The van der Waals surface area contributed by atoms with Gasteiger partial charge in [-0.2, -0.15) is 0 Å². The van der Waals surface area contributed by atoms with E-state index in [-0.39, 0.29) is 6.03 Å². The molecule has 0 spiro atoms. The summed E-state index contributed by atoms with van der Waals surface area (Å²) < 4.78 is 0. The fraction of sp³-hybridized carbons (Fsp3) is 0.600. The van der Waals surface area contributed by atoms with Crippen molar-refractivity contribution in [2.75, 3.05) is 31.6 Å². The Morgan fingerprint density at radius 1 is 1.19 bits per heavy atom. The first-order valence-electron chi connectivity index (χ1n) is 7.52. The van der Waals surface area contributed by atoms with Gasteiger partial charge in [0.05, 0.1) is 22.9 Å². The molecule has 0 radical (unpaired) electrons. The Labute approximate surface area is 129 Å². The highest BCUT2D eigenvalue weighted by Crippen LogP contribution is 2.43. The van der Waals surface area contributed by atoms with E-state index < -0.39 is 0 Å². The maximum Gasteiger partial charge on any atom is 0.320 e. The van der Waals surface area contributed by atoms with E-state index in [1.165, 1.54) is 6.42 Å². The molecular formula is C15H19ClN4O. The van der Waals surface area contributed by atoms with Crippen molar-refractivity contribution < 1.29 is 4.79 Å². The van der Waals surface area contributed by atoms with Crippen molar-refractivity contribution in [3.63, 3.8) is 0 Å². The molecule has 21 heavy (non-hydrogen) atoms. The molecule has 0 N–H and O–H groups in total. The minimum Gasteiger partial charge on any atom is -0.365 e. The third-order valence-electron chi connectivity index (χ3n) is 5.12. The quantitative estimate of drug-likeness (QED) is 0.840. The van der Waals surface area contributed by atoms with Crippen molar-refractivity contribution in [1.82, 2.24) is 14.8 Å². The number of urea groups is 1. The van der Waals surface area contributed by atoms with Crippen LogP contribution in [0, 0.1) is 5.92 Å². The maximum absolute atomic E-state index is 12.3. The van der Waals surface area contributed by atoms with Gasteiger partial charge >= 0.3 is 6.03 Å². The molecule has 2 amide bonds. The lowest BCUT2D eigenvalue weighted by Gasteiger charge is -2.39. The summed E-state index contributed by atoms with van der Waals surface area (Å²) in [6.07, 6.45) is 5.84. The average Bonchev–Trinajstić information content (AvgIpc) is 3.14. The number of rotatable bonds is 2. The lowest BCUT2D eigenvalue weighted by atomic mass is 10.0. The van der Waals surface area contributed by atoms with Crippen LogP contribution >= 0.6 is 11.6 Å². The molecule has 3 heterocycles. The van der Waals surface area contributed by atoms with Crippen LogP contribution in [-0.4, -0.2) is 59.6 Å². The minimum atomic E-state index is 0.178. The number of carbonyl (C=O) groups excluding carboxylic acids is 1. The smallest absolute Gasteiger partial charge is 0.320 e. The molecule has 0 aromatic carbocycles. The summed E-state index contributed by atoms with van der Waals surface area (Å²) in [7, 11) is 1.88. The van der Waals surface area contributed by atoms with Gasteiger partial charge in [-0.25, -0.2) is 4.79 Å². The first kappa shape index (κ1) is 13.2.